The molecule has 1 aliphatic carbocycles. The molecule has 0 spiro atoms. The van der Waals surface area contributed by atoms with Crippen molar-refractivity contribution >= 4 is 29.6 Å². The number of alkyl halides is 1. The maximum Gasteiger partial charge on any atom is 0.265 e. The van der Waals surface area contributed by atoms with Gasteiger partial charge < -0.3 is 9.80 Å². The highest BCUT2D eigenvalue weighted by atomic mass is 35.5. The molecule has 0 aromatic carbocycles. The van der Waals surface area contributed by atoms with Crippen LogP contribution in [0.3, 0.4) is 0 Å². The molecule has 1 saturated carbocycles. The van der Waals surface area contributed by atoms with Crippen molar-refractivity contribution in [1.82, 2.24) is 9.80 Å². The van der Waals surface area contributed by atoms with Gasteiger partial charge in [0.1, 0.15) is 6.54 Å². The Morgan fingerprint density at radius 2 is 2.10 bits per heavy atom. The second-order valence-electron chi connectivity index (χ2n) is 5.18. The Labute approximate surface area is 126 Å². The summed E-state index contributed by atoms with van der Waals surface area (Å²) in [6.07, 6.45) is 4.30. The molecule has 6 heteroatoms. The Kier molecular flexibility index (Phi) is 6.99. The Morgan fingerprint density at radius 1 is 1.45 bits per heavy atom. The quantitative estimate of drug-likeness (QED) is 0.504. The van der Waals surface area contributed by atoms with Crippen molar-refractivity contribution < 1.29 is 9.59 Å². The van der Waals surface area contributed by atoms with E-state index in [2.05, 4.69) is 11.9 Å². The third-order valence-corrected chi connectivity index (χ3v) is 3.80. The first-order valence-corrected chi connectivity index (χ1v) is 7.66. The van der Waals surface area contributed by atoms with Crippen LogP contribution in [0, 0.1) is 0 Å². The third-order valence-electron chi connectivity index (χ3n) is 3.36. The molecule has 0 aromatic rings. The number of amides is 2. The molecule has 1 unspecified atom stereocenters. The van der Waals surface area contributed by atoms with Crippen LogP contribution in [-0.4, -0.2) is 65.9 Å². The number of rotatable bonds is 8. The zero-order valence-electron chi connectivity index (χ0n) is 12.5. The summed E-state index contributed by atoms with van der Waals surface area (Å²) in [5, 5.41) is 0. The minimum absolute atomic E-state index is 0.00386. The minimum Gasteiger partial charge on any atom is -0.338 e. The van der Waals surface area contributed by atoms with E-state index < -0.39 is 0 Å². The van der Waals surface area contributed by atoms with Crippen molar-refractivity contribution in [2.24, 2.45) is 4.99 Å². The molecule has 0 saturated heterocycles. The lowest BCUT2D eigenvalue weighted by Crippen LogP contribution is -2.48. The lowest BCUT2D eigenvalue weighted by Gasteiger charge is -2.29. The SMILES string of the molecule is CCCN(C(=O)CN(C(=O)/C=N\C)C(C)CCl)C1CC1. The topological polar surface area (TPSA) is 53.0 Å². The van der Waals surface area contributed by atoms with Crippen molar-refractivity contribution in [2.75, 3.05) is 26.0 Å². The van der Waals surface area contributed by atoms with Crippen LogP contribution in [0.2, 0.25) is 0 Å². The van der Waals surface area contributed by atoms with E-state index in [0.29, 0.717) is 11.9 Å². The van der Waals surface area contributed by atoms with Crippen molar-refractivity contribution in [3.05, 3.63) is 0 Å². The molecule has 114 valence electrons. The van der Waals surface area contributed by atoms with Crippen molar-refractivity contribution in [2.45, 2.75) is 45.2 Å². The summed E-state index contributed by atoms with van der Waals surface area (Å²) in [6.45, 7) is 4.72. The molecule has 1 aliphatic rings. The second kappa shape index (κ2) is 8.25. The van der Waals surface area contributed by atoms with Crippen LogP contribution in [-0.2, 0) is 9.59 Å². The first-order valence-electron chi connectivity index (χ1n) is 7.13. The molecule has 20 heavy (non-hydrogen) atoms. The van der Waals surface area contributed by atoms with E-state index in [0.717, 1.165) is 25.8 Å². The van der Waals surface area contributed by atoms with Gasteiger partial charge in [-0.25, -0.2) is 0 Å². The summed E-state index contributed by atoms with van der Waals surface area (Å²) in [4.78, 5) is 31.5. The average molecular weight is 302 g/mol. The van der Waals surface area contributed by atoms with E-state index in [4.69, 9.17) is 11.6 Å². The van der Waals surface area contributed by atoms with Crippen molar-refractivity contribution in [1.29, 1.82) is 0 Å². The number of carbonyl (C=O) groups is 2. The van der Waals surface area contributed by atoms with Gasteiger partial charge in [0, 0.05) is 31.6 Å². The van der Waals surface area contributed by atoms with Gasteiger partial charge in [-0.1, -0.05) is 6.92 Å². The number of hydrogen-bond donors (Lipinski definition) is 0. The molecule has 5 nitrogen and oxygen atoms in total. The van der Waals surface area contributed by atoms with Gasteiger partial charge in [-0.05, 0) is 26.2 Å². The standard InChI is InChI=1S/C14H24ClN3O2/c1-4-7-17(12-5-6-12)14(20)10-18(11(2)8-15)13(19)9-16-3/h9,11-12H,4-8,10H2,1-3H3/b16-9-. The van der Waals surface area contributed by atoms with Gasteiger partial charge in [-0.3, -0.25) is 14.6 Å². The number of carbonyl (C=O) groups excluding carboxylic acids is 2. The van der Waals surface area contributed by atoms with Gasteiger partial charge in [-0.2, -0.15) is 0 Å². The van der Waals surface area contributed by atoms with Gasteiger partial charge in [-0.15, -0.1) is 11.6 Å². The maximum atomic E-state index is 12.4. The molecular formula is C14H24ClN3O2. The van der Waals surface area contributed by atoms with E-state index in [1.54, 1.807) is 0 Å². The molecule has 0 radical (unpaired) electrons. The maximum absolute atomic E-state index is 12.4. The fourth-order valence-corrected chi connectivity index (χ4v) is 2.26. The predicted molar refractivity (Wildman–Crippen MR) is 81.3 cm³/mol. The van der Waals surface area contributed by atoms with Gasteiger partial charge in [0.15, 0.2) is 0 Å². The van der Waals surface area contributed by atoms with Crippen molar-refractivity contribution in [3.63, 3.8) is 0 Å². The second-order valence-corrected chi connectivity index (χ2v) is 5.48. The van der Waals surface area contributed by atoms with Crippen LogP contribution < -0.4 is 0 Å². The van der Waals surface area contributed by atoms with E-state index >= 15 is 0 Å². The first-order chi connectivity index (χ1) is 9.54. The highest BCUT2D eigenvalue weighted by Crippen LogP contribution is 2.27. The molecule has 1 fully saturated rings. The number of aliphatic imine (C=N–C) groups is 1. The fourth-order valence-electron chi connectivity index (χ4n) is 2.09. The molecule has 1 atom stereocenters. The Balaban J connectivity index is 2.71. The highest BCUT2D eigenvalue weighted by molar-refractivity contribution is 6.27. The summed E-state index contributed by atoms with van der Waals surface area (Å²) in [6, 6.07) is 0.180. The number of hydrogen-bond acceptors (Lipinski definition) is 3. The third kappa shape index (κ3) is 4.78. The molecule has 2 amide bonds. The summed E-state index contributed by atoms with van der Waals surface area (Å²) in [5.41, 5.74) is 0. The largest absolute Gasteiger partial charge is 0.338 e. The van der Waals surface area contributed by atoms with E-state index in [1.807, 2.05) is 11.8 Å². The lowest BCUT2D eigenvalue weighted by atomic mass is 10.2. The minimum atomic E-state index is -0.263. The van der Waals surface area contributed by atoms with Gasteiger partial charge in [0.2, 0.25) is 5.91 Å². The summed E-state index contributed by atoms with van der Waals surface area (Å²) in [5.74, 6) is 0.0405. The average Bonchev–Trinajstić information content (AvgIpc) is 3.25. The monoisotopic (exact) mass is 301 g/mol. The van der Waals surface area contributed by atoms with Gasteiger partial charge in [0.25, 0.3) is 5.91 Å². The summed E-state index contributed by atoms with van der Waals surface area (Å²) in [7, 11) is 1.54. The Morgan fingerprint density at radius 3 is 2.55 bits per heavy atom. The molecule has 0 N–H and O–H groups in total. The summed E-state index contributed by atoms with van der Waals surface area (Å²) < 4.78 is 0. The van der Waals surface area contributed by atoms with Crippen LogP contribution in [0.5, 0.6) is 0 Å². The Bertz CT molecular complexity index is 369. The zero-order valence-corrected chi connectivity index (χ0v) is 13.3. The van der Waals surface area contributed by atoms with Gasteiger partial charge >= 0.3 is 0 Å². The van der Waals surface area contributed by atoms with Gasteiger partial charge in [0.05, 0.1) is 6.21 Å². The zero-order chi connectivity index (χ0) is 15.1. The smallest absolute Gasteiger partial charge is 0.265 e. The molecule has 0 bridgehead atoms. The van der Waals surface area contributed by atoms with Crippen LogP contribution in [0.25, 0.3) is 0 Å². The van der Waals surface area contributed by atoms with E-state index in [9.17, 15) is 9.59 Å². The van der Waals surface area contributed by atoms with Crippen LogP contribution >= 0.6 is 11.6 Å². The molecular weight excluding hydrogens is 278 g/mol. The predicted octanol–water partition coefficient (Wildman–Crippen LogP) is 1.54. The summed E-state index contributed by atoms with van der Waals surface area (Å²) >= 11 is 5.83. The fraction of sp³-hybridized carbons (Fsp3) is 0.786. The Hall–Kier alpha value is -1.10. The molecule has 0 aromatic heterocycles. The van der Waals surface area contributed by atoms with Crippen LogP contribution in [0.4, 0.5) is 0 Å². The molecule has 0 heterocycles. The normalized spacial score (nSPS) is 16.2. The lowest BCUT2D eigenvalue weighted by molar-refractivity contribution is -0.138. The van der Waals surface area contributed by atoms with Crippen LogP contribution in [0.1, 0.15) is 33.1 Å². The molecule has 1 rings (SSSR count). The van der Waals surface area contributed by atoms with Crippen LogP contribution in [0.15, 0.2) is 4.99 Å². The first kappa shape index (κ1) is 17.0. The van der Waals surface area contributed by atoms with E-state index in [1.165, 1.54) is 18.2 Å². The number of nitrogens with zero attached hydrogens (tertiary/aromatic N) is 3. The molecule has 0 aliphatic heterocycles. The highest BCUT2D eigenvalue weighted by Gasteiger charge is 2.33. The van der Waals surface area contributed by atoms with Crippen molar-refractivity contribution in [3.8, 4) is 0 Å². The van der Waals surface area contributed by atoms with E-state index in [-0.39, 0.29) is 24.4 Å². The number of halogens is 1.